The SMILES string of the molecule is CCc1nc(Cl)c(C)c(NCc2cn(C)nc2C)n1. The van der Waals surface area contributed by atoms with Gasteiger partial charge in [0.1, 0.15) is 16.8 Å². The first-order valence-electron chi connectivity index (χ1n) is 6.27. The minimum Gasteiger partial charge on any atom is -0.365 e. The van der Waals surface area contributed by atoms with E-state index >= 15 is 0 Å². The molecule has 0 saturated carbocycles. The van der Waals surface area contributed by atoms with Crippen LogP contribution in [-0.2, 0) is 20.0 Å². The van der Waals surface area contributed by atoms with Crippen LogP contribution >= 0.6 is 11.6 Å². The van der Waals surface area contributed by atoms with E-state index in [1.807, 2.05) is 38.7 Å². The van der Waals surface area contributed by atoms with Crippen molar-refractivity contribution < 1.29 is 0 Å². The second-order valence-corrected chi connectivity index (χ2v) is 4.88. The first-order valence-corrected chi connectivity index (χ1v) is 6.65. The average molecular weight is 280 g/mol. The van der Waals surface area contributed by atoms with Crippen molar-refractivity contribution in [3.8, 4) is 0 Å². The third-order valence-corrected chi connectivity index (χ3v) is 3.38. The number of nitrogens with one attached hydrogen (secondary N) is 1. The Kier molecular flexibility index (Phi) is 4.04. The van der Waals surface area contributed by atoms with Crippen molar-refractivity contribution in [2.45, 2.75) is 33.7 Å². The molecule has 19 heavy (non-hydrogen) atoms. The topological polar surface area (TPSA) is 55.6 Å². The number of hydrogen-bond donors (Lipinski definition) is 1. The van der Waals surface area contributed by atoms with Crippen LogP contribution in [0.2, 0.25) is 5.15 Å². The predicted octanol–water partition coefficient (Wildman–Crippen LogP) is 2.65. The molecule has 0 bridgehead atoms. The Labute approximate surface area is 118 Å². The van der Waals surface area contributed by atoms with Crippen molar-refractivity contribution in [1.29, 1.82) is 0 Å². The van der Waals surface area contributed by atoms with Gasteiger partial charge < -0.3 is 5.32 Å². The highest BCUT2D eigenvalue weighted by molar-refractivity contribution is 6.30. The van der Waals surface area contributed by atoms with E-state index in [4.69, 9.17) is 11.6 Å². The molecule has 6 heteroatoms. The first kappa shape index (κ1) is 13.8. The van der Waals surface area contributed by atoms with E-state index in [1.165, 1.54) is 0 Å². The maximum atomic E-state index is 6.11. The molecule has 2 aromatic heterocycles. The van der Waals surface area contributed by atoms with Crippen LogP contribution in [0.1, 0.15) is 29.6 Å². The van der Waals surface area contributed by atoms with Gasteiger partial charge in [0.05, 0.1) is 5.69 Å². The standard InChI is InChI=1S/C13H18ClN5/c1-5-11-16-12(14)8(2)13(17-11)15-6-10-7-19(4)18-9(10)3/h7H,5-6H2,1-4H3,(H,15,16,17). The van der Waals surface area contributed by atoms with Crippen LogP contribution in [0.5, 0.6) is 0 Å². The molecule has 1 N–H and O–H groups in total. The van der Waals surface area contributed by atoms with E-state index in [1.54, 1.807) is 0 Å². The summed E-state index contributed by atoms with van der Waals surface area (Å²) in [6.07, 6.45) is 2.77. The van der Waals surface area contributed by atoms with Crippen LogP contribution in [0.25, 0.3) is 0 Å². The molecule has 0 amide bonds. The van der Waals surface area contributed by atoms with E-state index in [-0.39, 0.29) is 0 Å². The number of rotatable bonds is 4. The van der Waals surface area contributed by atoms with Crippen LogP contribution in [-0.4, -0.2) is 19.7 Å². The Morgan fingerprint density at radius 3 is 2.63 bits per heavy atom. The highest BCUT2D eigenvalue weighted by Gasteiger charge is 2.09. The second kappa shape index (κ2) is 5.57. The normalized spacial score (nSPS) is 10.8. The molecule has 0 aliphatic carbocycles. The largest absolute Gasteiger partial charge is 0.365 e. The van der Waals surface area contributed by atoms with Crippen molar-refractivity contribution >= 4 is 17.4 Å². The molecule has 0 aliphatic heterocycles. The zero-order valence-corrected chi connectivity index (χ0v) is 12.4. The van der Waals surface area contributed by atoms with Crippen molar-refractivity contribution in [2.24, 2.45) is 7.05 Å². The van der Waals surface area contributed by atoms with E-state index in [9.17, 15) is 0 Å². The molecule has 2 heterocycles. The van der Waals surface area contributed by atoms with Gasteiger partial charge in [0.2, 0.25) is 0 Å². The number of aryl methyl sites for hydroxylation is 3. The maximum Gasteiger partial charge on any atom is 0.137 e. The van der Waals surface area contributed by atoms with Gasteiger partial charge in [-0.2, -0.15) is 5.10 Å². The third kappa shape index (κ3) is 3.04. The van der Waals surface area contributed by atoms with Crippen molar-refractivity contribution in [3.63, 3.8) is 0 Å². The summed E-state index contributed by atoms with van der Waals surface area (Å²) in [5.74, 6) is 1.54. The molecule has 2 aromatic rings. The van der Waals surface area contributed by atoms with Gasteiger partial charge in [-0.15, -0.1) is 0 Å². The lowest BCUT2D eigenvalue weighted by Crippen LogP contribution is -2.07. The lowest BCUT2D eigenvalue weighted by Gasteiger charge is -2.10. The van der Waals surface area contributed by atoms with Gasteiger partial charge in [-0.05, 0) is 13.8 Å². The van der Waals surface area contributed by atoms with Crippen molar-refractivity contribution in [3.05, 3.63) is 34.0 Å². The molecule has 0 aromatic carbocycles. The summed E-state index contributed by atoms with van der Waals surface area (Å²) in [5, 5.41) is 8.14. The lowest BCUT2D eigenvalue weighted by atomic mass is 10.2. The van der Waals surface area contributed by atoms with Crippen molar-refractivity contribution in [2.75, 3.05) is 5.32 Å². The second-order valence-electron chi connectivity index (χ2n) is 4.52. The van der Waals surface area contributed by atoms with Crippen LogP contribution < -0.4 is 5.32 Å². The Hall–Kier alpha value is -1.62. The fraction of sp³-hybridized carbons (Fsp3) is 0.462. The Balaban J connectivity index is 2.19. The molecule has 0 spiro atoms. The number of anilines is 1. The van der Waals surface area contributed by atoms with Gasteiger partial charge in [0.25, 0.3) is 0 Å². The molecule has 0 fully saturated rings. The zero-order chi connectivity index (χ0) is 14.0. The van der Waals surface area contributed by atoms with E-state index in [0.717, 1.165) is 34.9 Å². The highest BCUT2D eigenvalue weighted by atomic mass is 35.5. The van der Waals surface area contributed by atoms with E-state index in [0.29, 0.717) is 11.7 Å². The molecular formula is C13H18ClN5. The Bertz CT molecular complexity index is 591. The quantitative estimate of drug-likeness (QED) is 0.874. The number of hydrogen-bond acceptors (Lipinski definition) is 4. The fourth-order valence-corrected chi connectivity index (χ4v) is 2.05. The van der Waals surface area contributed by atoms with E-state index in [2.05, 4.69) is 20.4 Å². The number of halogens is 1. The molecule has 102 valence electrons. The summed E-state index contributed by atoms with van der Waals surface area (Å²) in [4.78, 5) is 8.70. The van der Waals surface area contributed by atoms with Crippen molar-refractivity contribution in [1.82, 2.24) is 19.7 Å². The molecule has 5 nitrogen and oxygen atoms in total. The number of nitrogens with zero attached hydrogens (tertiary/aromatic N) is 4. The van der Waals surface area contributed by atoms with Crippen LogP contribution in [0.4, 0.5) is 5.82 Å². The van der Waals surface area contributed by atoms with Crippen LogP contribution in [0.3, 0.4) is 0 Å². The summed E-state index contributed by atoms with van der Waals surface area (Å²) in [7, 11) is 1.92. The van der Waals surface area contributed by atoms with E-state index < -0.39 is 0 Å². The molecular weight excluding hydrogens is 262 g/mol. The monoisotopic (exact) mass is 279 g/mol. The number of aromatic nitrogens is 4. The van der Waals surface area contributed by atoms with Gasteiger partial charge >= 0.3 is 0 Å². The minimum atomic E-state index is 0.511. The maximum absolute atomic E-state index is 6.11. The lowest BCUT2D eigenvalue weighted by molar-refractivity contribution is 0.756. The van der Waals surface area contributed by atoms with Crippen LogP contribution in [0.15, 0.2) is 6.20 Å². The molecule has 0 atom stereocenters. The predicted molar refractivity (Wildman–Crippen MR) is 76.4 cm³/mol. The van der Waals surface area contributed by atoms with Gasteiger partial charge in [-0.1, -0.05) is 18.5 Å². The molecule has 0 unspecified atom stereocenters. The molecule has 0 aliphatic rings. The molecule has 2 rings (SSSR count). The van der Waals surface area contributed by atoms with Gasteiger partial charge in [-0.25, -0.2) is 9.97 Å². The third-order valence-electron chi connectivity index (χ3n) is 3.01. The Morgan fingerprint density at radius 1 is 1.32 bits per heavy atom. The first-order chi connectivity index (χ1) is 9.01. The summed E-state index contributed by atoms with van der Waals surface area (Å²) in [6.45, 7) is 6.60. The zero-order valence-electron chi connectivity index (χ0n) is 11.7. The Morgan fingerprint density at radius 2 is 2.05 bits per heavy atom. The average Bonchev–Trinajstić information content (AvgIpc) is 2.69. The minimum absolute atomic E-state index is 0.511. The smallest absolute Gasteiger partial charge is 0.137 e. The summed E-state index contributed by atoms with van der Waals surface area (Å²) >= 11 is 6.11. The van der Waals surface area contributed by atoms with Gasteiger partial charge in [0.15, 0.2) is 0 Å². The summed E-state index contributed by atoms with van der Waals surface area (Å²) < 4.78 is 1.81. The molecule has 0 radical (unpaired) electrons. The van der Waals surface area contributed by atoms with Gasteiger partial charge in [-0.3, -0.25) is 4.68 Å². The van der Waals surface area contributed by atoms with Gasteiger partial charge in [0, 0.05) is 37.3 Å². The summed E-state index contributed by atoms with van der Waals surface area (Å²) in [5.41, 5.74) is 3.04. The highest BCUT2D eigenvalue weighted by Crippen LogP contribution is 2.21. The summed E-state index contributed by atoms with van der Waals surface area (Å²) in [6, 6.07) is 0. The molecule has 0 saturated heterocycles. The van der Waals surface area contributed by atoms with Crippen LogP contribution in [0, 0.1) is 13.8 Å². The fourth-order valence-electron chi connectivity index (χ4n) is 1.86.